The molecule has 1 aliphatic rings. The van der Waals surface area contributed by atoms with Crippen molar-refractivity contribution < 1.29 is 4.79 Å². The molecule has 0 spiro atoms. The Balaban J connectivity index is 2.45. The predicted octanol–water partition coefficient (Wildman–Crippen LogP) is 1.79. The number of rotatable bonds is 2. The van der Waals surface area contributed by atoms with E-state index in [4.69, 9.17) is 0 Å². The van der Waals surface area contributed by atoms with E-state index in [0.717, 1.165) is 19.5 Å². The second kappa shape index (κ2) is 3.99. The van der Waals surface area contributed by atoms with Gasteiger partial charge in [-0.1, -0.05) is 13.8 Å². The second-order valence-corrected chi connectivity index (χ2v) is 4.22. The van der Waals surface area contributed by atoms with Crippen LogP contribution in [0.3, 0.4) is 0 Å². The van der Waals surface area contributed by atoms with Gasteiger partial charge < -0.3 is 9.80 Å². The SMILES string of the molecule is CC(C)C(C)N(C)C(=O)N1CCC1. The van der Waals surface area contributed by atoms with Gasteiger partial charge in [0.15, 0.2) is 0 Å². The van der Waals surface area contributed by atoms with E-state index in [2.05, 4.69) is 20.8 Å². The van der Waals surface area contributed by atoms with Gasteiger partial charge in [0.25, 0.3) is 0 Å². The van der Waals surface area contributed by atoms with Crippen molar-refractivity contribution in [3.8, 4) is 0 Å². The third-order valence-corrected chi connectivity index (χ3v) is 3.00. The van der Waals surface area contributed by atoms with Crippen LogP contribution in [0, 0.1) is 5.92 Å². The fourth-order valence-electron chi connectivity index (χ4n) is 1.35. The molecule has 1 saturated heterocycles. The summed E-state index contributed by atoms with van der Waals surface area (Å²) >= 11 is 0. The van der Waals surface area contributed by atoms with E-state index < -0.39 is 0 Å². The zero-order chi connectivity index (χ0) is 10.0. The lowest BCUT2D eigenvalue weighted by molar-refractivity contribution is 0.115. The molecule has 1 unspecified atom stereocenters. The number of carbonyl (C=O) groups is 1. The van der Waals surface area contributed by atoms with E-state index in [1.54, 1.807) is 0 Å². The van der Waals surface area contributed by atoms with Crippen LogP contribution in [0.2, 0.25) is 0 Å². The number of nitrogens with zero attached hydrogens (tertiary/aromatic N) is 2. The van der Waals surface area contributed by atoms with Crippen molar-refractivity contribution in [3.63, 3.8) is 0 Å². The van der Waals surface area contributed by atoms with Gasteiger partial charge in [-0.25, -0.2) is 4.79 Å². The van der Waals surface area contributed by atoms with Crippen LogP contribution in [0.4, 0.5) is 4.79 Å². The van der Waals surface area contributed by atoms with Crippen molar-refractivity contribution in [1.82, 2.24) is 9.80 Å². The molecule has 3 nitrogen and oxygen atoms in total. The van der Waals surface area contributed by atoms with Gasteiger partial charge in [0.05, 0.1) is 0 Å². The number of hydrogen-bond donors (Lipinski definition) is 0. The normalized spacial score (nSPS) is 18.4. The third-order valence-electron chi connectivity index (χ3n) is 3.00. The zero-order valence-electron chi connectivity index (χ0n) is 9.08. The monoisotopic (exact) mass is 184 g/mol. The average molecular weight is 184 g/mol. The Morgan fingerprint density at radius 1 is 1.31 bits per heavy atom. The van der Waals surface area contributed by atoms with Gasteiger partial charge in [0.1, 0.15) is 0 Å². The molecule has 1 aliphatic heterocycles. The molecule has 1 rings (SSSR count). The topological polar surface area (TPSA) is 23.6 Å². The molecule has 0 radical (unpaired) electrons. The summed E-state index contributed by atoms with van der Waals surface area (Å²) in [5.41, 5.74) is 0. The summed E-state index contributed by atoms with van der Waals surface area (Å²) in [6, 6.07) is 0.514. The molecule has 1 atom stereocenters. The summed E-state index contributed by atoms with van der Waals surface area (Å²) in [6.07, 6.45) is 1.16. The van der Waals surface area contributed by atoms with Crippen LogP contribution in [0.5, 0.6) is 0 Å². The zero-order valence-corrected chi connectivity index (χ0v) is 9.08. The van der Waals surface area contributed by atoms with E-state index in [1.165, 1.54) is 0 Å². The molecular weight excluding hydrogens is 164 g/mol. The number of hydrogen-bond acceptors (Lipinski definition) is 1. The first-order valence-corrected chi connectivity index (χ1v) is 5.05. The summed E-state index contributed by atoms with van der Waals surface area (Å²) in [4.78, 5) is 15.5. The van der Waals surface area contributed by atoms with E-state index in [-0.39, 0.29) is 6.03 Å². The Kier molecular flexibility index (Phi) is 3.17. The maximum absolute atomic E-state index is 11.7. The highest BCUT2D eigenvalue weighted by Crippen LogP contribution is 2.14. The Morgan fingerprint density at radius 2 is 1.85 bits per heavy atom. The minimum absolute atomic E-state index is 0.187. The highest BCUT2D eigenvalue weighted by Gasteiger charge is 2.26. The molecule has 13 heavy (non-hydrogen) atoms. The summed E-state index contributed by atoms with van der Waals surface area (Å²) < 4.78 is 0. The van der Waals surface area contributed by atoms with Crippen molar-refractivity contribution in [1.29, 1.82) is 0 Å². The van der Waals surface area contributed by atoms with E-state index in [1.807, 2.05) is 16.8 Å². The first-order valence-electron chi connectivity index (χ1n) is 5.05. The van der Waals surface area contributed by atoms with E-state index >= 15 is 0 Å². The molecule has 76 valence electrons. The molecule has 1 fully saturated rings. The lowest BCUT2D eigenvalue weighted by Crippen LogP contribution is -2.51. The Morgan fingerprint density at radius 3 is 2.15 bits per heavy atom. The van der Waals surface area contributed by atoms with Crippen LogP contribution in [0.25, 0.3) is 0 Å². The average Bonchev–Trinajstić information content (AvgIpc) is 1.98. The van der Waals surface area contributed by atoms with Crippen LogP contribution in [-0.4, -0.2) is 42.0 Å². The van der Waals surface area contributed by atoms with Crippen LogP contribution in [0.15, 0.2) is 0 Å². The molecular formula is C10H20N2O. The molecule has 0 saturated carbocycles. The van der Waals surface area contributed by atoms with Crippen LogP contribution in [-0.2, 0) is 0 Å². The van der Waals surface area contributed by atoms with Gasteiger partial charge in [-0.2, -0.15) is 0 Å². The standard InChI is InChI=1S/C10H20N2O/c1-8(2)9(3)11(4)10(13)12-6-5-7-12/h8-9H,5-7H2,1-4H3. The first kappa shape index (κ1) is 10.4. The third kappa shape index (κ3) is 2.14. The highest BCUT2D eigenvalue weighted by molar-refractivity contribution is 5.75. The maximum Gasteiger partial charge on any atom is 0.319 e. The van der Waals surface area contributed by atoms with Crippen LogP contribution >= 0.6 is 0 Å². The van der Waals surface area contributed by atoms with Crippen LogP contribution in [0.1, 0.15) is 27.2 Å². The first-order chi connectivity index (χ1) is 6.04. The minimum Gasteiger partial charge on any atom is -0.325 e. The van der Waals surface area contributed by atoms with Gasteiger partial charge in [-0.15, -0.1) is 0 Å². The Bertz CT molecular complexity index is 187. The summed E-state index contributed by atoms with van der Waals surface area (Å²) in [5, 5.41) is 0. The lowest BCUT2D eigenvalue weighted by atomic mass is 10.1. The number of urea groups is 1. The van der Waals surface area contributed by atoms with Crippen LogP contribution < -0.4 is 0 Å². The molecule has 3 heteroatoms. The quantitative estimate of drug-likeness (QED) is 0.641. The van der Waals surface area contributed by atoms with Gasteiger partial charge in [-0.05, 0) is 19.3 Å². The van der Waals surface area contributed by atoms with Gasteiger partial charge >= 0.3 is 6.03 Å². The Labute approximate surface area is 80.7 Å². The number of likely N-dealkylation sites (tertiary alicyclic amines) is 1. The molecule has 0 aliphatic carbocycles. The Hall–Kier alpha value is -0.730. The molecule has 1 heterocycles. The van der Waals surface area contributed by atoms with Gasteiger partial charge in [0, 0.05) is 26.2 Å². The number of amides is 2. The summed E-state index contributed by atoms with van der Waals surface area (Å²) in [6.45, 7) is 8.26. The fourth-order valence-corrected chi connectivity index (χ4v) is 1.35. The highest BCUT2D eigenvalue weighted by atomic mass is 16.2. The van der Waals surface area contributed by atoms with Crippen molar-refractivity contribution in [2.45, 2.75) is 33.2 Å². The van der Waals surface area contributed by atoms with Gasteiger partial charge in [-0.3, -0.25) is 0 Å². The summed E-state index contributed by atoms with van der Waals surface area (Å²) in [5.74, 6) is 0.523. The summed E-state index contributed by atoms with van der Waals surface area (Å²) in [7, 11) is 1.89. The lowest BCUT2D eigenvalue weighted by Gasteiger charge is -2.38. The van der Waals surface area contributed by atoms with E-state index in [9.17, 15) is 4.79 Å². The fraction of sp³-hybridized carbons (Fsp3) is 0.900. The molecule has 0 bridgehead atoms. The molecule has 0 aromatic heterocycles. The largest absolute Gasteiger partial charge is 0.325 e. The van der Waals surface area contributed by atoms with E-state index in [0.29, 0.717) is 12.0 Å². The van der Waals surface area contributed by atoms with Crippen molar-refractivity contribution in [2.75, 3.05) is 20.1 Å². The smallest absolute Gasteiger partial charge is 0.319 e. The molecule has 0 aromatic rings. The molecule has 2 amide bonds. The van der Waals surface area contributed by atoms with Crippen molar-refractivity contribution >= 4 is 6.03 Å². The van der Waals surface area contributed by atoms with Crippen molar-refractivity contribution in [3.05, 3.63) is 0 Å². The molecule has 0 aromatic carbocycles. The van der Waals surface area contributed by atoms with Crippen molar-refractivity contribution in [2.24, 2.45) is 5.92 Å². The predicted molar refractivity (Wildman–Crippen MR) is 53.6 cm³/mol. The van der Waals surface area contributed by atoms with Gasteiger partial charge in [0.2, 0.25) is 0 Å². The number of carbonyl (C=O) groups excluding carboxylic acids is 1. The maximum atomic E-state index is 11.7. The minimum atomic E-state index is 0.187. The molecule has 0 N–H and O–H groups in total. The second-order valence-electron chi connectivity index (χ2n) is 4.22.